The van der Waals surface area contributed by atoms with Gasteiger partial charge in [0.05, 0.1) is 10.8 Å². The van der Waals surface area contributed by atoms with Crippen LogP contribution in [0.1, 0.15) is 0 Å². The van der Waals surface area contributed by atoms with Crippen LogP contribution >= 0.6 is 0 Å². The highest BCUT2D eigenvalue weighted by Crippen LogP contribution is 2.27. The Morgan fingerprint density at radius 2 is 1.22 bits per heavy atom. The first-order chi connectivity index (χ1) is 12.4. The molecule has 27 heavy (non-hydrogen) atoms. The molecular weight excluding hydrogens is 395 g/mol. The van der Waals surface area contributed by atoms with Crippen molar-refractivity contribution >= 4 is 31.7 Å². The third-order valence-corrected chi connectivity index (χ3v) is 4.49. The van der Waals surface area contributed by atoms with Crippen LogP contribution in [0.15, 0.2) is 46.0 Å². The Bertz CT molecular complexity index is 1240. The molecule has 3 aromatic rings. The van der Waals surface area contributed by atoms with Gasteiger partial charge in [0.15, 0.2) is 0 Å². The Labute approximate surface area is 147 Å². The molecule has 0 spiro atoms. The normalized spacial score (nSPS) is 12.4. The van der Waals surface area contributed by atoms with Gasteiger partial charge in [0.25, 0.3) is 11.1 Å². The second kappa shape index (κ2) is 5.87. The lowest BCUT2D eigenvalue weighted by Crippen LogP contribution is -2.43. The first kappa shape index (κ1) is 18.5. The molecule has 1 heterocycles. The van der Waals surface area contributed by atoms with Crippen molar-refractivity contribution in [3.63, 3.8) is 0 Å². The fraction of sp³-hybridized carbons (Fsp3) is 0.0667. The minimum atomic E-state index is -6.32. The van der Waals surface area contributed by atoms with Crippen LogP contribution in [-0.4, -0.2) is 28.9 Å². The summed E-state index contributed by atoms with van der Waals surface area (Å²) in [5, 5.41) is 18.2. The van der Waals surface area contributed by atoms with Crippen molar-refractivity contribution in [2.24, 2.45) is 0 Å². The van der Waals surface area contributed by atoms with Gasteiger partial charge in [0, 0.05) is 0 Å². The molecule has 0 fully saturated rings. The van der Waals surface area contributed by atoms with Crippen molar-refractivity contribution in [2.45, 2.75) is 5.51 Å². The molecule has 0 saturated carbocycles. The summed E-state index contributed by atoms with van der Waals surface area (Å²) in [4.78, 5) is 25.0. The summed E-state index contributed by atoms with van der Waals surface area (Å²) >= 11 is 0. The number of benzene rings is 2. The molecule has 142 valence electrons. The van der Waals surface area contributed by atoms with Crippen LogP contribution in [-0.2, 0) is 10.1 Å². The van der Waals surface area contributed by atoms with Crippen molar-refractivity contribution in [1.82, 2.24) is 4.73 Å². The summed E-state index contributed by atoms with van der Waals surface area (Å²) in [6, 6.07) is 6.00. The summed E-state index contributed by atoms with van der Waals surface area (Å²) in [7, 11) is -6.32. The zero-order valence-corrected chi connectivity index (χ0v) is 13.7. The Balaban J connectivity index is 2.57. The van der Waals surface area contributed by atoms with Crippen LogP contribution in [0.5, 0.6) is 11.5 Å². The number of halogens is 3. The molecule has 0 saturated heterocycles. The van der Waals surface area contributed by atoms with Gasteiger partial charge < -0.3 is 10.2 Å². The topological polar surface area (TPSA) is 123 Å². The smallest absolute Gasteiger partial charge is 0.508 e. The highest BCUT2D eigenvalue weighted by atomic mass is 32.2. The van der Waals surface area contributed by atoms with Crippen molar-refractivity contribution in [3.8, 4) is 11.5 Å². The lowest BCUT2D eigenvalue weighted by Gasteiger charge is -2.08. The van der Waals surface area contributed by atoms with Crippen LogP contribution in [0.4, 0.5) is 13.2 Å². The molecule has 0 radical (unpaired) electrons. The Hall–Kier alpha value is -3.28. The average molecular weight is 403 g/mol. The average Bonchev–Trinajstić information content (AvgIpc) is 2.64. The fourth-order valence-corrected chi connectivity index (χ4v) is 2.82. The number of aromatic hydroxyl groups is 2. The van der Waals surface area contributed by atoms with Crippen LogP contribution in [0, 0.1) is 0 Å². The van der Waals surface area contributed by atoms with E-state index < -0.39 is 42.2 Å². The quantitative estimate of drug-likeness (QED) is 0.617. The first-order valence-corrected chi connectivity index (χ1v) is 8.39. The summed E-state index contributed by atoms with van der Waals surface area (Å²) in [5.41, 5.74) is -8.88. The zero-order chi connectivity index (χ0) is 20.1. The number of rotatable bonds is 2. The lowest BCUT2D eigenvalue weighted by atomic mass is 10.1. The number of phenolic OH excluding ortho intramolecular Hbond substituents is 2. The van der Waals surface area contributed by atoms with E-state index in [0.29, 0.717) is 0 Å². The lowest BCUT2D eigenvalue weighted by molar-refractivity contribution is -0.0551. The van der Waals surface area contributed by atoms with E-state index >= 15 is 0 Å². The van der Waals surface area contributed by atoms with Gasteiger partial charge in [-0.2, -0.15) is 21.6 Å². The maximum Gasteiger partial charge on any atom is 0.536 e. The Morgan fingerprint density at radius 1 is 0.815 bits per heavy atom. The molecule has 12 heteroatoms. The minimum absolute atomic E-state index is 0.116. The molecule has 0 aliphatic rings. The van der Waals surface area contributed by atoms with Crippen LogP contribution < -0.4 is 15.4 Å². The van der Waals surface area contributed by atoms with Gasteiger partial charge in [0.1, 0.15) is 11.5 Å². The molecule has 0 aliphatic heterocycles. The molecular formula is C15H8F3NO7S. The standard InChI is InChI=1S/C15H8F3NO7S/c16-15(17,18)27(24,25)26-19-13(22)9-3-1-7(20)5-11(9)12-6-8(21)2-4-10(12)14(19)23/h1-6,20-21H. The number of hydrogen-bond donors (Lipinski definition) is 2. The van der Waals surface area contributed by atoms with Crippen molar-refractivity contribution in [1.29, 1.82) is 0 Å². The highest BCUT2D eigenvalue weighted by molar-refractivity contribution is 7.87. The van der Waals surface area contributed by atoms with E-state index in [4.69, 9.17) is 0 Å². The van der Waals surface area contributed by atoms with Gasteiger partial charge in [-0.15, -0.1) is 0 Å². The number of phenols is 2. The van der Waals surface area contributed by atoms with Crippen LogP contribution in [0.3, 0.4) is 0 Å². The van der Waals surface area contributed by atoms with Crippen LogP contribution in [0.2, 0.25) is 0 Å². The maximum atomic E-state index is 12.6. The molecule has 2 aromatic carbocycles. The number of fused-ring (bicyclic) bond motifs is 3. The molecule has 0 unspecified atom stereocenters. The SMILES string of the molecule is O=c1c2ccc(O)cc2c2cc(O)ccc2c(=O)n1OS(=O)(=O)C(F)(F)F. The largest absolute Gasteiger partial charge is 0.536 e. The molecule has 0 bridgehead atoms. The van der Waals surface area contributed by atoms with Crippen molar-refractivity contribution < 1.29 is 36.1 Å². The second-order valence-electron chi connectivity index (χ2n) is 5.34. The number of nitrogens with zero attached hydrogens (tertiary/aromatic N) is 1. The summed E-state index contributed by atoms with van der Waals surface area (Å²) in [6.07, 6.45) is 0. The monoisotopic (exact) mass is 403 g/mol. The van der Waals surface area contributed by atoms with Crippen molar-refractivity contribution in [3.05, 3.63) is 57.1 Å². The Kier molecular flexibility index (Phi) is 4.03. The Morgan fingerprint density at radius 3 is 1.59 bits per heavy atom. The summed E-state index contributed by atoms with van der Waals surface area (Å²) in [5.74, 6) is -0.693. The molecule has 0 atom stereocenters. The number of hydrogen-bond acceptors (Lipinski definition) is 7. The third-order valence-electron chi connectivity index (χ3n) is 3.58. The van der Waals surface area contributed by atoms with E-state index in [1.165, 1.54) is 0 Å². The second-order valence-corrected chi connectivity index (χ2v) is 6.86. The molecule has 0 amide bonds. The van der Waals surface area contributed by atoms with Gasteiger partial charge in [0.2, 0.25) is 0 Å². The van der Waals surface area contributed by atoms with E-state index in [9.17, 15) is 41.4 Å². The van der Waals surface area contributed by atoms with Crippen LogP contribution in [0.25, 0.3) is 21.5 Å². The van der Waals surface area contributed by atoms with Gasteiger partial charge in [-0.25, -0.2) is 0 Å². The van der Waals surface area contributed by atoms with Gasteiger partial charge in [-0.1, -0.05) is 4.73 Å². The van der Waals surface area contributed by atoms with Gasteiger partial charge >= 0.3 is 15.6 Å². The first-order valence-electron chi connectivity index (χ1n) is 6.98. The van der Waals surface area contributed by atoms with E-state index in [1.807, 2.05) is 0 Å². The van der Waals surface area contributed by atoms with Gasteiger partial charge in [-0.3, -0.25) is 13.9 Å². The zero-order valence-electron chi connectivity index (χ0n) is 12.9. The van der Waals surface area contributed by atoms with E-state index in [0.717, 1.165) is 36.4 Å². The number of aromatic nitrogens is 1. The molecule has 8 nitrogen and oxygen atoms in total. The molecule has 3 rings (SSSR count). The molecule has 1 aromatic heterocycles. The minimum Gasteiger partial charge on any atom is -0.508 e. The highest BCUT2D eigenvalue weighted by Gasteiger charge is 2.49. The predicted molar refractivity (Wildman–Crippen MR) is 86.9 cm³/mol. The molecule has 2 N–H and O–H groups in total. The van der Waals surface area contributed by atoms with Crippen molar-refractivity contribution in [2.75, 3.05) is 0 Å². The van der Waals surface area contributed by atoms with E-state index in [2.05, 4.69) is 4.28 Å². The molecule has 0 aliphatic carbocycles. The summed E-state index contributed by atoms with van der Waals surface area (Å²) < 4.78 is 63.7. The van der Waals surface area contributed by atoms with E-state index in [1.54, 1.807) is 0 Å². The third kappa shape index (κ3) is 3.03. The predicted octanol–water partition coefficient (Wildman–Crippen LogP) is 1.20. The van der Waals surface area contributed by atoms with Gasteiger partial charge in [-0.05, 0) is 47.2 Å². The fourth-order valence-electron chi connectivity index (χ4n) is 2.40. The number of alkyl halides is 3. The summed E-state index contributed by atoms with van der Waals surface area (Å²) in [6.45, 7) is 0. The van der Waals surface area contributed by atoms with E-state index in [-0.39, 0.29) is 22.3 Å². The maximum absolute atomic E-state index is 12.6.